The van der Waals surface area contributed by atoms with E-state index in [4.69, 9.17) is 11.6 Å². The van der Waals surface area contributed by atoms with Crippen molar-refractivity contribution in [3.63, 3.8) is 0 Å². The van der Waals surface area contributed by atoms with Crippen LogP contribution in [0.1, 0.15) is 5.56 Å². The van der Waals surface area contributed by atoms with Gasteiger partial charge in [0, 0.05) is 65.0 Å². The zero-order valence-electron chi connectivity index (χ0n) is 21.8. The molecule has 0 atom stereocenters. The van der Waals surface area contributed by atoms with Gasteiger partial charge in [0.2, 0.25) is 5.91 Å². The molecule has 2 aliphatic rings. The molecule has 0 spiro atoms. The summed E-state index contributed by atoms with van der Waals surface area (Å²) in [4.78, 5) is 30.3. The van der Waals surface area contributed by atoms with Gasteiger partial charge in [0.15, 0.2) is 5.16 Å². The van der Waals surface area contributed by atoms with Gasteiger partial charge in [-0.25, -0.2) is 14.4 Å². The summed E-state index contributed by atoms with van der Waals surface area (Å²) >= 11 is 7.63. The standard InChI is InChI=1S/C29H32ClFN6OS/c30-26-21-27(36-19-17-35(18-20-36)25-11-5-4-10-24(25)31)33-29(32-26)39-22-28(38)37-15-13-34(14-16-37)12-6-9-23-7-2-1-3-8-23/h1-11,21H,12-20,22H2. The van der Waals surface area contributed by atoms with Crippen LogP contribution in [0.5, 0.6) is 0 Å². The van der Waals surface area contributed by atoms with E-state index in [1.165, 1.54) is 23.4 Å². The third-order valence-electron chi connectivity index (χ3n) is 6.98. The molecule has 3 heterocycles. The van der Waals surface area contributed by atoms with Crippen LogP contribution in [0.15, 0.2) is 71.9 Å². The molecule has 3 aromatic rings. The minimum atomic E-state index is -0.208. The van der Waals surface area contributed by atoms with Crippen molar-refractivity contribution >= 4 is 46.9 Å². The number of thioether (sulfide) groups is 1. The number of benzene rings is 2. The number of carbonyl (C=O) groups excluding carboxylic acids is 1. The van der Waals surface area contributed by atoms with Gasteiger partial charge >= 0.3 is 0 Å². The van der Waals surface area contributed by atoms with Crippen LogP contribution in [0.4, 0.5) is 15.9 Å². The normalized spacial score (nSPS) is 16.7. The molecule has 0 radical (unpaired) electrons. The average Bonchev–Trinajstić information content (AvgIpc) is 2.97. The molecule has 7 nitrogen and oxygen atoms in total. The zero-order valence-corrected chi connectivity index (χ0v) is 23.3. The van der Waals surface area contributed by atoms with E-state index in [1.807, 2.05) is 34.1 Å². The Balaban J connectivity index is 1.08. The Morgan fingerprint density at radius 3 is 2.33 bits per heavy atom. The highest BCUT2D eigenvalue weighted by Gasteiger charge is 2.23. The van der Waals surface area contributed by atoms with Crippen LogP contribution in [0.2, 0.25) is 5.15 Å². The highest BCUT2D eigenvalue weighted by Crippen LogP contribution is 2.25. The van der Waals surface area contributed by atoms with Gasteiger partial charge in [-0.15, -0.1) is 0 Å². The number of piperazine rings is 2. The third kappa shape index (κ3) is 7.50. The van der Waals surface area contributed by atoms with Crippen LogP contribution in [0, 0.1) is 5.82 Å². The van der Waals surface area contributed by atoms with Crippen molar-refractivity contribution in [2.45, 2.75) is 5.16 Å². The number of rotatable bonds is 8. The molecular formula is C29H32ClFN6OS. The molecule has 204 valence electrons. The second kappa shape index (κ2) is 13.3. The van der Waals surface area contributed by atoms with Crippen LogP contribution in [-0.4, -0.2) is 90.3 Å². The van der Waals surface area contributed by atoms with Crippen molar-refractivity contribution in [3.8, 4) is 0 Å². The van der Waals surface area contributed by atoms with Crippen molar-refractivity contribution in [3.05, 3.63) is 83.3 Å². The van der Waals surface area contributed by atoms with Gasteiger partial charge < -0.3 is 14.7 Å². The van der Waals surface area contributed by atoms with Crippen LogP contribution in [-0.2, 0) is 4.79 Å². The average molecular weight is 567 g/mol. The number of nitrogens with zero attached hydrogens (tertiary/aromatic N) is 6. The molecule has 0 N–H and O–H groups in total. The fourth-order valence-corrected chi connectivity index (χ4v) is 5.78. The van der Waals surface area contributed by atoms with E-state index in [9.17, 15) is 9.18 Å². The van der Waals surface area contributed by atoms with Crippen LogP contribution < -0.4 is 9.80 Å². The maximum absolute atomic E-state index is 14.2. The number of halogens is 2. The lowest BCUT2D eigenvalue weighted by molar-refractivity contribution is -0.130. The van der Waals surface area contributed by atoms with Gasteiger partial charge in [-0.2, -0.15) is 0 Å². The highest BCUT2D eigenvalue weighted by molar-refractivity contribution is 7.99. The van der Waals surface area contributed by atoms with Gasteiger partial charge in [0.25, 0.3) is 0 Å². The number of para-hydroxylation sites is 1. The Morgan fingerprint density at radius 2 is 1.59 bits per heavy atom. The molecule has 39 heavy (non-hydrogen) atoms. The molecule has 1 amide bonds. The molecule has 0 bridgehead atoms. The Labute approximate surface area is 238 Å². The number of hydrogen-bond donors (Lipinski definition) is 0. The quantitative estimate of drug-likeness (QED) is 0.225. The van der Waals surface area contributed by atoms with Crippen molar-refractivity contribution in [2.75, 3.05) is 74.5 Å². The fraction of sp³-hybridized carbons (Fsp3) is 0.345. The molecule has 5 rings (SSSR count). The molecule has 2 aromatic carbocycles. The van der Waals surface area contributed by atoms with Crippen LogP contribution >= 0.6 is 23.4 Å². The lowest BCUT2D eigenvalue weighted by Gasteiger charge is -2.36. The van der Waals surface area contributed by atoms with Gasteiger partial charge in [-0.1, -0.05) is 78.0 Å². The second-order valence-corrected chi connectivity index (χ2v) is 10.9. The topological polar surface area (TPSA) is 55.8 Å². The second-order valence-electron chi connectivity index (χ2n) is 9.54. The summed E-state index contributed by atoms with van der Waals surface area (Å²) in [7, 11) is 0. The van der Waals surface area contributed by atoms with Crippen molar-refractivity contribution < 1.29 is 9.18 Å². The maximum atomic E-state index is 14.2. The summed E-state index contributed by atoms with van der Waals surface area (Å²) < 4.78 is 14.2. The van der Waals surface area contributed by atoms with E-state index in [-0.39, 0.29) is 17.5 Å². The summed E-state index contributed by atoms with van der Waals surface area (Å²) in [5.41, 5.74) is 1.82. The first-order chi connectivity index (χ1) is 19.0. The van der Waals surface area contributed by atoms with Gasteiger partial charge in [0.05, 0.1) is 11.4 Å². The van der Waals surface area contributed by atoms with Gasteiger partial charge in [-0.3, -0.25) is 9.69 Å². The number of amides is 1. The number of carbonyl (C=O) groups is 1. The Hall–Kier alpha value is -3.14. The van der Waals surface area contributed by atoms with E-state index in [2.05, 4.69) is 44.1 Å². The molecule has 10 heteroatoms. The van der Waals surface area contributed by atoms with E-state index >= 15 is 0 Å². The van der Waals surface area contributed by atoms with E-state index in [1.54, 1.807) is 18.2 Å². The predicted octanol–water partition coefficient (Wildman–Crippen LogP) is 4.55. The Bertz CT molecular complexity index is 1280. The number of aromatic nitrogens is 2. The maximum Gasteiger partial charge on any atom is 0.233 e. The summed E-state index contributed by atoms with van der Waals surface area (Å²) in [6.07, 6.45) is 4.31. The minimum absolute atomic E-state index is 0.0862. The SMILES string of the molecule is O=C(CSc1nc(Cl)cc(N2CCN(c3ccccc3F)CC2)n1)N1CCN(CC=Cc2ccccc2)CC1. The predicted molar refractivity (Wildman–Crippen MR) is 157 cm³/mol. The first kappa shape index (κ1) is 27.4. The van der Waals surface area contributed by atoms with Gasteiger partial charge in [-0.05, 0) is 17.7 Å². The molecule has 0 aliphatic carbocycles. The van der Waals surface area contributed by atoms with Crippen LogP contribution in [0.25, 0.3) is 6.08 Å². The lowest BCUT2D eigenvalue weighted by atomic mass is 10.2. The lowest BCUT2D eigenvalue weighted by Crippen LogP contribution is -2.49. The zero-order chi connectivity index (χ0) is 27.0. The monoisotopic (exact) mass is 566 g/mol. The molecule has 2 aliphatic heterocycles. The smallest absolute Gasteiger partial charge is 0.233 e. The summed E-state index contributed by atoms with van der Waals surface area (Å²) in [6, 6.07) is 18.9. The molecule has 2 saturated heterocycles. The van der Waals surface area contributed by atoms with E-state index in [0.717, 1.165) is 25.5 Å². The fourth-order valence-electron chi connectivity index (χ4n) is 4.80. The Morgan fingerprint density at radius 1 is 0.897 bits per heavy atom. The van der Waals surface area contributed by atoms with Crippen LogP contribution in [0.3, 0.4) is 0 Å². The summed E-state index contributed by atoms with van der Waals surface area (Å²) in [5, 5.41) is 0.843. The number of hydrogen-bond acceptors (Lipinski definition) is 7. The van der Waals surface area contributed by atoms with Crippen molar-refractivity contribution in [1.82, 2.24) is 19.8 Å². The highest BCUT2D eigenvalue weighted by atomic mass is 35.5. The minimum Gasteiger partial charge on any atom is -0.366 e. The summed E-state index contributed by atoms with van der Waals surface area (Å²) in [6.45, 7) is 6.75. The number of anilines is 2. The third-order valence-corrected chi connectivity index (χ3v) is 8.01. The molecule has 2 fully saturated rings. The van der Waals surface area contributed by atoms with Gasteiger partial charge in [0.1, 0.15) is 16.8 Å². The van der Waals surface area contributed by atoms with Crippen molar-refractivity contribution in [1.29, 1.82) is 0 Å². The first-order valence-electron chi connectivity index (χ1n) is 13.2. The first-order valence-corrected chi connectivity index (χ1v) is 14.5. The molecule has 1 aromatic heterocycles. The largest absolute Gasteiger partial charge is 0.366 e. The molecule has 0 unspecified atom stereocenters. The van der Waals surface area contributed by atoms with E-state index < -0.39 is 0 Å². The molecular weight excluding hydrogens is 535 g/mol. The van der Waals surface area contributed by atoms with Crippen molar-refractivity contribution in [2.24, 2.45) is 0 Å². The van der Waals surface area contributed by atoms with E-state index in [0.29, 0.717) is 55.3 Å². The summed E-state index contributed by atoms with van der Waals surface area (Å²) in [5.74, 6) is 0.883. The molecule has 0 saturated carbocycles. The Kier molecular flexibility index (Phi) is 9.34.